The summed E-state index contributed by atoms with van der Waals surface area (Å²) in [7, 11) is 2.10. The Hall–Kier alpha value is -0.410. The van der Waals surface area contributed by atoms with Gasteiger partial charge < -0.3 is 5.32 Å². The molecule has 3 atom stereocenters. The number of Topliss-reactive ketones (excluding diaryl/α,β-unsaturated/α-hetero) is 1. The number of carbonyl (C=O) groups excluding carboxylic acids is 1. The van der Waals surface area contributed by atoms with Crippen molar-refractivity contribution >= 4 is 5.78 Å². The first-order valence-electron chi connectivity index (χ1n) is 5.64. The highest BCUT2D eigenvalue weighted by molar-refractivity contribution is 5.81. The summed E-state index contributed by atoms with van der Waals surface area (Å²) in [4.78, 5) is 13.8. The zero-order valence-corrected chi connectivity index (χ0v) is 9.12. The maximum absolute atomic E-state index is 11.5. The van der Waals surface area contributed by atoms with Gasteiger partial charge in [0.25, 0.3) is 0 Å². The monoisotopic (exact) mass is 196 g/mol. The quantitative estimate of drug-likeness (QED) is 0.673. The Morgan fingerprint density at radius 3 is 2.93 bits per heavy atom. The maximum atomic E-state index is 11.5. The lowest BCUT2D eigenvalue weighted by molar-refractivity contribution is -0.122. The van der Waals surface area contributed by atoms with Crippen LogP contribution in [0.5, 0.6) is 0 Å². The Morgan fingerprint density at radius 1 is 1.43 bits per heavy atom. The van der Waals surface area contributed by atoms with Crippen molar-refractivity contribution < 1.29 is 4.79 Å². The number of hydrogen-bond acceptors (Lipinski definition) is 3. The Labute approximate surface area is 85.8 Å². The molecule has 80 valence electrons. The third-order valence-corrected chi connectivity index (χ3v) is 3.78. The lowest BCUT2D eigenvalue weighted by atomic mass is 9.91. The van der Waals surface area contributed by atoms with E-state index in [4.69, 9.17) is 0 Å². The van der Waals surface area contributed by atoms with E-state index >= 15 is 0 Å². The average Bonchev–Trinajstić information content (AvgIpc) is 2.26. The molecule has 1 aliphatic carbocycles. The molecule has 3 nitrogen and oxygen atoms in total. The molecule has 0 spiro atoms. The van der Waals surface area contributed by atoms with Crippen LogP contribution in [0.25, 0.3) is 0 Å². The van der Waals surface area contributed by atoms with E-state index in [1.54, 1.807) is 6.92 Å². The molecule has 2 bridgehead atoms. The van der Waals surface area contributed by atoms with Gasteiger partial charge in [0.15, 0.2) is 0 Å². The van der Waals surface area contributed by atoms with Crippen LogP contribution >= 0.6 is 0 Å². The molecule has 2 aliphatic rings. The Kier molecular flexibility index (Phi) is 2.88. The van der Waals surface area contributed by atoms with E-state index in [2.05, 4.69) is 17.3 Å². The first-order chi connectivity index (χ1) is 6.68. The van der Waals surface area contributed by atoms with E-state index in [1.807, 2.05) is 0 Å². The van der Waals surface area contributed by atoms with Gasteiger partial charge in [0, 0.05) is 18.6 Å². The fourth-order valence-electron chi connectivity index (χ4n) is 2.83. The van der Waals surface area contributed by atoms with E-state index in [1.165, 1.54) is 25.7 Å². The second-order valence-corrected chi connectivity index (χ2v) is 4.72. The summed E-state index contributed by atoms with van der Waals surface area (Å²) in [6, 6.07) is 1.38. The minimum Gasteiger partial charge on any atom is -0.312 e. The Bertz CT molecular complexity index is 229. The van der Waals surface area contributed by atoms with Crippen LogP contribution in [0, 0.1) is 0 Å². The van der Waals surface area contributed by atoms with Gasteiger partial charge >= 0.3 is 0 Å². The molecule has 0 amide bonds. The molecule has 3 heteroatoms. The summed E-state index contributed by atoms with van der Waals surface area (Å²) < 4.78 is 0. The number of nitrogens with one attached hydrogen (secondary N) is 1. The molecule has 2 fully saturated rings. The van der Waals surface area contributed by atoms with Crippen LogP contribution in [0.3, 0.4) is 0 Å². The van der Waals surface area contributed by atoms with E-state index < -0.39 is 0 Å². The minimum absolute atomic E-state index is 0.100. The second kappa shape index (κ2) is 3.99. The number of hydrogen-bond donors (Lipinski definition) is 1. The number of carbonyl (C=O) groups is 1. The fourth-order valence-corrected chi connectivity index (χ4v) is 2.83. The number of fused-ring (bicyclic) bond motifs is 2. The predicted molar refractivity (Wildman–Crippen MR) is 56.3 cm³/mol. The summed E-state index contributed by atoms with van der Waals surface area (Å²) in [5, 5.41) is 3.51. The van der Waals surface area contributed by atoms with Gasteiger partial charge in [-0.1, -0.05) is 6.42 Å². The van der Waals surface area contributed by atoms with Crippen LogP contribution < -0.4 is 5.32 Å². The molecular weight excluding hydrogens is 176 g/mol. The van der Waals surface area contributed by atoms with E-state index in [-0.39, 0.29) is 6.04 Å². The van der Waals surface area contributed by atoms with Crippen molar-refractivity contribution in [2.24, 2.45) is 0 Å². The molecule has 14 heavy (non-hydrogen) atoms. The predicted octanol–water partition coefficient (Wildman–Crippen LogP) is 0.790. The molecule has 1 N–H and O–H groups in total. The highest BCUT2D eigenvalue weighted by atomic mass is 16.1. The number of rotatable bonds is 1. The number of nitrogens with zero attached hydrogens (tertiary/aromatic N) is 1. The van der Waals surface area contributed by atoms with Crippen LogP contribution in [0.15, 0.2) is 0 Å². The standard InChI is InChI=1S/C11H20N2O/c1-8(14)11-7-12-9-4-3-5-10(6-9)13(11)2/h9-12H,3-7H2,1-2H3. The smallest absolute Gasteiger partial charge is 0.148 e. The molecule has 0 aromatic rings. The van der Waals surface area contributed by atoms with Crippen molar-refractivity contribution in [1.29, 1.82) is 0 Å². The summed E-state index contributed by atoms with van der Waals surface area (Å²) in [6.45, 7) is 2.55. The van der Waals surface area contributed by atoms with Crippen molar-refractivity contribution in [3.63, 3.8) is 0 Å². The van der Waals surface area contributed by atoms with Gasteiger partial charge in [0.05, 0.1) is 6.04 Å². The van der Waals surface area contributed by atoms with E-state index in [0.29, 0.717) is 17.9 Å². The summed E-state index contributed by atoms with van der Waals surface area (Å²) in [5.41, 5.74) is 0. The summed E-state index contributed by atoms with van der Waals surface area (Å²) in [5.74, 6) is 0.299. The fraction of sp³-hybridized carbons (Fsp3) is 0.909. The van der Waals surface area contributed by atoms with Gasteiger partial charge in [0.2, 0.25) is 0 Å². The zero-order valence-electron chi connectivity index (χ0n) is 9.12. The van der Waals surface area contributed by atoms with Gasteiger partial charge in [-0.2, -0.15) is 0 Å². The third-order valence-electron chi connectivity index (χ3n) is 3.78. The van der Waals surface area contributed by atoms with Gasteiger partial charge in [-0.25, -0.2) is 0 Å². The van der Waals surface area contributed by atoms with Crippen LogP contribution in [-0.4, -0.2) is 42.4 Å². The third kappa shape index (κ3) is 1.84. The SMILES string of the molecule is CC(=O)C1CNC2CCCC(C2)N1C. The van der Waals surface area contributed by atoms with Crippen LogP contribution in [0.4, 0.5) is 0 Å². The number of likely N-dealkylation sites (N-methyl/N-ethyl adjacent to an activating group) is 1. The minimum atomic E-state index is 0.100. The van der Waals surface area contributed by atoms with Crippen molar-refractivity contribution in [2.75, 3.05) is 13.6 Å². The highest BCUT2D eigenvalue weighted by Gasteiger charge is 2.34. The van der Waals surface area contributed by atoms with Gasteiger partial charge in [-0.15, -0.1) is 0 Å². The molecule has 3 unspecified atom stereocenters. The molecule has 2 rings (SSSR count). The topological polar surface area (TPSA) is 32.3 Å². The maximum Gasteiger partial charge on any atom is 0.148 e. The Balaban J connectivity index is 2.12. The summed E-state index contributed by atoms with van der Waals surface area (Å²) in [6.07, 6.45) is 5.07. The zero-order chi connectivity index (χ0) is 10.1. The lowest BCUT2D eigenvalue weighted by Gasteiger charge is -2.33. The average molecular weight is 196 g/mol. The lowest BCUT2D eigenvalue weighted by Crippen LogP contribution is -2.45. The molecular formula is C11H20N2O. The van der Waals surface area contributed by atoms with Crippen LogP contribution in [-0.2, 0) is 4.79 Å². The summed E-state index contributed by atoms with van der Waals surface area (Å²) >= 11 is 0. The van der Waals surface area contributed by atoms with Crippen LogP contribution in [0.1, 0.15) is 32.6 Å². The van der Waals surface area contributed by atoms with Crippen LogP contribution in [0.2, 0.25) is 0 Å². The van der Waals surface area contributed by atoms with Crippen molar-refractivity contribution in [2.45, 2.75) is 50.7 Å². The number of ketones is 1. The highest BCUT2D eigenvalue weighted by Crippen LogP contribution is 2.26. The van der Waals surface area contributed by atoms with E-state index in [9.17, 15) is 4.79 Å². The first-order valence-corrected chi connectivity index (χ1v) is 5.64. The first kappa shape index (κ1) is 10.1. The molecule has 1 aliphatic heterocycles. The van der Waals surface area contributed by atoms with Crippen molar-refractivity contribution in [3.05, 3.63) is 0 Å². The Morgan fingerprint density at radius 2 is 2.21 bits per heavy atom. The van der Waals surface area contributed by atoms with Gasteiger partial charge in [-0.3, -0.25) is 9.69 Å². The molecule has 1 saturated heterocycles. The molecule has 1 heterocycles. The second-order valence-electron chi connectivity index (χ2n) is 4.72. The largest absolute Gasteiger partial charge is 0.312 e. The molecule has 0 radical (unpaired) electrons. The molecule has 0 aromatic carbocycles. The van der Waals surface area contributed by atoms with E-state index in [0.717, 1.165) is 6.54 Å². The molecule has 1 saturated carbocycles. The van der Waals surface area contributed by atoms with Gasteiger partial charge in [0.1, 0.15) is 5.78 Å². The van der Waals surface area contributed by atoms with Gasteiger partial charge in [-0.05, 0) is 33.2 Å². The van der Waals surface area contributed by atoms with Crippen molar-refractivity contribution in [1.82, 2.24) is 10.2 Å². The normalized spacial score (nSPS) is 39.1. The molecule has 0 aromatic heterocycles. The van der Waals surface area contributed by atoms with Crippen molar-refractivity contribution in [3.8, 4) is 0 Å².